The number of piperidine rings is 1. The van der Waals surface area contributed by atoms with Gasteiger partial charge in [0.1, 0.15) is 11.4 Å². The molecule has 0 saturated carbocycles. The van der Waals surface area contributed by atoms with Crippen molar-refractivity contribution in [3.8, 4) is 5.75 Å². The van der Waals surface area contributed by atoms with Gasteiger partial charge in [-0.05, 0) is 61.7 Å². The van der Waals surface area contributed by atoms with Crippen LogP contribution in [0.5, 0.6) is 5.75 Å². The van der Waals surface area contributed by atoms with Crippen LogP contribution in [-0.2, 0) is 5.60 Å². The predicted octanol–water partition coefficient (Wildman–Crippen LogP) is 5.51. The van der Waals surface area contributed by atoms with Crippen molar-refractivity contribution in [2.75, 3.05) is 26.7 Å². The zero-order valence-electron chi connectivity index (χ0n) is 18.6. The lowest BCUT2D eigenvalue weighted by atomic mass is 9.72. The monoisotopic (exact) mass is 415 g/mol. The van der Waals surface area contributed by atoms with Gasteiger partial charge in [-0.2, -0.15) is 0 Å². The first-order chi connectivity index (χ1) is 15.1. The number of aryl methyl sites for hydroxylation is 1. The lowest BCUT2D eigenvalue weighted by Gasteiger charge is -2.41. The summed E-state index contributed by atoms with van der Waals surface area (Å²) in [7, 11) is 1.67. The van der Waals surface area contributed by atoms with E-state index in [2.05, 4.69) is 54.3 Å². The standard InChI is InChI=1S/C28H33NO2/c1-22-10-9-13-25(20-22)28(30,24-14-16-26(31-2)17-15-24)27(23-11-5-3-6-12-23)21-29-18-7-4-8-19-29/h3,5-6,9-17,20,27,30H,4,7-8,18-19,21H2,1-2H3/t27-,28+/m0/s1. The van der Waals surface area contributed by atoms with Crippen LogP contribution < -0.4 is 4.74 Å². The second kappa shape index (κ2) is 9.67. The zero-order valence-corrected chi connectivity index (χ0v) is 18.6. The molecule has 0 amide bonds. The molecular weight excluding hydrogens is 382 g/mol. The summed E-state index contributed by atoms with van der Waals surface area (Å²) in [5.74, 6) is 0.699. The van der Waals surface area contributed by atoms with Crippen LogP contribution in [0.3, 0.4) is 0 Å². The fourth-order valence-electron chi connectivity index (χ4n) is 4.86. The molecule has 4 rings (SSSR count). The smallest absolute Gasteiger partial charge is 0.123 e. The summed E-state index contributed by atoms with van der Waals surface area (Å²) in [4.78, 5) is 2.52. The van der Waals surface area contributed by atoms with Gasteiger partial charge in [-0.1, -0.05) is 78.7 Å². The van der Waals surface area contributed by atoms with Crippen molar-refractivity contribution in [2.45, 2.75) is 37.7 Å². The highest BCUT2D eigenvalue weighted by molar-refractivity contribution is 5.44. The van der Waals surface area contributed by atoms with E-state index in [0.29, 0.717) is 0 Å². The first kappa shape index (κ1) is 21.6. The van der Waals surface area contributed by atoms with Gasteiger partial charge in [0.05, 0.1) is 7.11 Å². The van der Waals surface area contributed by atoms with Gasteiger partial charge in [-0.15, -0.1) is 0 Å². The number of hydrogen-bond acceptors (Lipinski definition) is 3. The first-order valence-electron chi connectivity index (χ1n) is 11.3. The van der Waals surface area contributed by atoms with Gasteiger partial charge in [0.25, 0.3) is 0 Å². The van der Waals surface area contributed by atoms with E-state index < -0.39 is 5.60 Å². The van der Waals surface area contributed by atoms with Crippen LogP contribution in [0.2, 0.25) is 0 Å². The number of rotatable bonds is 7. The fraction of sp³-hybridized carbons (Fsp3) is 0.357. The Morgan fingerprint density at radius 2 is 1.58 bits per heavy atom. The Hall–Kier alpha value is -2.62. The van der Waals surface area contributed by atoms with Crippen molar-refractivity contribution in [1.29, 1.82) is 0 Å². The second-order valence-corrected chi connectivity index (χ2v) is 8.69. The van der Waals surface area contributed by atoms with Crippen LogP contribution in [0, 0.1) is 6.92 Å². The Morgan fingerprint density at radius 3 is 2.23 bits per heavy atom. The van der Waals surface area contributed by atoms with Crippen molar-refractivity contribution >= 4 is 0 Å². The number of methoxy groups -OCH3 is 1. The Morgan fingerprint density at radius 1 is 0.871 bits per heavy atom. The Kier molecular flexibility index (Phi) is 6.74. The molecule has 3 aromatic carbocycles. The van der Waals surface area contributed by atoms with Crippen LogP contribution in [0.25, 0.3) is 0 Å². The molecule has 1 aliphatic rings. The van der Waals surface area contributed by atoms with Crippen LogP contribution in [-0.4, -0.2) is 36.8 Å². The van der Waals surface area contributed by atoms with Crippen LogP contribution >= 0.6 is 0 Å². The molecule has 1 saturated heterocycles. The van der Waals surface area contributed by atoms with E-state index in [1.54, 1.807) is 7.11 Å². The van der Waals surface area contributed by atoms with Crippen molar-refractivity contribution in [3.05, 3.63) is 101 Å². The summed E-state index contributed by atoms with van der Waals surface area (Å²) in [6.07, 6.45) is 3.76. The summed E-state index contributed by atoms with van der Waals surface area (Å²) in [5, 5.41) is 12.6. The summed E-state index contributed by atoms with van der Waals surface area (Å²) >= 11 is 0. The topological polar surface area (TPSA) is 32.7 Å². The van der Waals surface area contributed by atoms with Crippen LogP contribution in [0.15, 0.2) is 78.9 Å². The quantitative estimate of drug-likeness (QED) is 0.552. The molecule has 31 heavy (non-hydrogen) atoms. The zero-order chi connectivity index (χ0) is 21.7. The Labute approximate surface area is 186 Å². The minimum Gasteiger partial charge on any atom is -0.497 e. The van der Waals surface area contributed by atoms with Crippen molar-refractivity contribution in [2.24, 2.45) is 0 Å². The van der Waals surface area contributed by atoms with Crippen molar-refractivity contribution in [1.82, 2.24) is 4.90 Å². The van der Waals surface area contributed by atoms with E-state index in [4.69, 9.17) is 4.74 Å². The number of aliphatic hydroxyl groups is 1. The maximum Gasteiger partial charge on any atom is 0.123 e. The van der Waals surface area contributed by atoms with Gasteiger partial charge in [-0.25, -0.2) is 0 Å². The van der Waals surface area contributed by atoms with Gasteiger partial charge < -0.3 is 14.7 Å². The third-order valence-electron chi connectivity index (χ3n) is 6.58. The minimum atomic E-state index is -1.16. The van der Waals surface area contributed by atoms with E-state index >= 15 is 0 Å². The maximum atomic E-state index is 12.6. The summed E-state index contributed by atoms with van der Waals surface area (Å²) in [5.41, 5.74) is 2.98. The molecule has 0 aromatic heterocycles. The predicted molar refractivity (Wildman–Crippen MR) is 127 cm³/mol. The van der Waals surface area contributed by atoms with Gasteiger partial charge in [-0.3, -0.25) is 0 Å². The maximum absolute atomic E-state index is 12.6. The van der Waals surface area contributed by atoms with E-state index in [9.17, 15) is 5.11 Å². The average molecular weight is 416 g/mol. The third-order valence-corrected chi connectivity index (χ3v) is 6.58. The molecule has 1 aliphatic heterocycles. The van der Waals surface area contributed by atoms with Crippen molar-refractivity contribution < 1.29 is 9.84 Å². The molecule has 0 radical (unpaired) electrons. The molecule has 0 spiro atoms. The molecule has 1 fully saturated rings. The van der Waals surface area contributed by atoms with Gasteiger partial charge in [0, 0.05) is 12.5 Å². The normalized spacial score (nSPS) is 17.6. The van der Waals surface area contributed by atoms with E-state index in [1.165, 1.54) is 19.3 Å². The number of hydrogen-bond donors (Lipinski definition) is 1. The molecule has 3 aromatic rings. The first-order valence-corrected chi connectivity index (χ1v) is 11.3. The number of benzene rings is 3. The lowest BCUT2D eigenvalue weighted by molar-refractivity contribution is 0.0309. The molecule has 3 nitrogen and oxygen atoms in total. The second-order valence-electron chi connectivity index (χ2n) is 8.69. The largest absolute Gasteiger partial charge is 0.497 e. The molecular formula is C28H33NO2. The summed E-state index contributed by atoms with van der Waals surface area (Å²) in [6, 6.07) is 26.7. The van der Waals surface area contributed by atoms with Crippen LogP contribution in [0.4, 0.5) is 0 Å². The summed E-state index contributed by atoms with van der Waals surface area (Å²) in [6.45, 7) is 5.09. The lowest BCUT2D eigenvalue weighted by Crippen LogP contribution is -2.43. The highest BCUT2D eigenvalue weighted by Crippen LogP contribution is 2.44. The van der Waals surface area contributed by atoms with Crippen molar-refractivity contribution in [3.63, 3.8) is 0 Å². The highest BCUT2D eigenvalue weighted by atomic mass is 16.5. The van der Waals surface area contributed by atoms with Gasteiger partial charge in [0.2, 0.25) is 0 Å². The molecule has 1 N–H and O–H groups in total. The Balaban J connectivity index is 1.86. The number of likely N-dealkylation sites (tertiary alicyclic amines) is 1. The third kappa shape index (κ3) is 4.68. The van der Waals surface area contributed by atoms with E-state index in [-0.39, 0.29) is 5.92 Å². The Bertz CT molecular complexity index is 964. The molecule has 0 aliphatic carbocycles. The fourth-order valence-corrected chi connectivity index (χ4v) is 4.86. The average Bonchev–Trinajstić information content (AvgIpc) is 2.83. The minimum absolute atomic E-state index is 0.0954. The number of ether oxygens (including phenoxy) is 1. The highest BCUT2D eigenvalue weighted by Gasteiger charge is 2.42. The molecule has 162 valence electrons. The molecule has 1 heterocycles. The van der Waals surface area contributed by atoms with Gasteiger partial charge in [0.15, 0.2) is 0 Å². The molecule has 0 unspecified atom stereocenters. The van der Waals surface area contributed by atoms with Crippen LogP contribution in [0.1, 0.15) is 47.4 Å². The van der Waals surface area contributed by atoms with Gasteiger partial charge >= 0.3 is 0 Å². The SMILES string of the molecule is COc1ccc([C@@](O)(c2cccc(C)c2)[C@@H](CN2CCCCC2)c2ccccc2)cc1. The van der Waals surface area contributed by atoms with E-state index in [0.717, 1.165) is 47.6 Å². The number of nitrogens with zero attached hydrogens (tertiary/aromatic N) is 1. The molecule has 0 bridgehead atoms. The molecule has 2 atom stereocenters. The molecule has 3 heteroatoms. The van der Waals surface area contributed by atoms with E-state index in [1.807, 2.05) is 36.4 Å². The summed E-state index contributed by atoms with van der Waals surface area (Å²) < 4.78 is 5.38.